The van der Waals surface area contributed by atoms with E-state index < -0.39 is 0 Å². The lowest BCUT2D eigenvalue weighted by atomic mass is 10.1. The summed E-state index contributed by atoms with van der Waals surface area (Å²) in [6, 6.07) is 5.88. The van der Waals surface area contributed by atoms with Crippen LogP contribution >= 0.6 is 11.6 Å². The van der Waals surface area contributed by atoms with Gasteiger partial charge in [0.15, 0.2) is 5.78 Å². The molecule has 0 radical (unpaired) electrons. The third-order valence-electron chi connectivity index (χ3n) is 2.92. The Morgan fingerprint density at radius 1 is 1.53 bits per heavy atom. The molecule has 4 heteroatoms. The van der Waals surface area contributed by atoms with Crippen molar-refractivity contribution < 1.29 is 9.53 Å². The molecule has 0 saturated carbocycles. The number of ether oxygens (including phenoxy) is 1. The van der Waals surface area contributed by atoms with Gasteiger partial charge in [-0.3, -0.25) is 4.79 Å². The summed E-state index contributed by atoms with van der Waals surface area (Å²) in [6.07, 6.45) is 0. The van der Waals surface area contributed by atoms with Crippen LogP contribution in [-0.2, 0) is 0 Å². The highest BCUT2D eigenvalue weighted by molar-refractivity contribution is 6.30. The van der Waals surface area contributed by atoms with Gasteiger partial charge in [0.1, 0.15) is 12.4 Å². The number of ketones is 1. The first kappa shape index (κ1) is 12.2. The molecule has 0 N–H and O–H groups in total. The Labute approximate surface area is 106 Å². The van der Waals surface area contributed by atoms with Crippen molar-refractivity contribution in [2.24, 2.45) is 0 Å². The number of Topliss-reactive ketones (excluding diaryl/α,β-unsaturated/α-hetero) is 1. The Kier molecular flexibility index (Phi) is 3.57. The van der Waals surface area contributed by atoms with E-state index in [9.17, 15) is 4.79 Å². The van der Waals surface area contributed by atoms with Gasteiger partial charge >= 0.3 is 0 Å². The number of nitrogens with zero attached hydrogens (tertiary/aromatic N) is 1. The zero-order valence-corrected chi connectivity index (χ0v) is 10.8. The molecule has 1 aromatic carbocycles. The van der Waals surface area contributed by atoms with Crippen molar-refractivity contribution in [2.75, 3.05) is 23.9 Å². The first-order chi connectivity index (χ1) is 8.13. The summed E-state index contributed by atoms with van der Waals surface area (Å²) in [5.41, 5.74) is 1.64. The van der Waals surface area contributed by atoms with Crippen molar-refractivity contribution in [1.82, 2.24) is 0 Å². The number of alkyl halides is 1. The van der Waals surface area contributed by atoms with Gasteiger partial charge < -0.3 is 9.64 Å². The van der Waals surface area contributed by atoms with E-state index in [1.165, 1.54) is 0 Å². The summed E-state index contributed by atoms with van der Waals surface area (Å²) in [7, 11) is 0. The van der Waals surface area contributed by atoms with Crippen LogP contribution in [0.25, 0.3) is 0 Å². The third kappa shape index (κ3) is 2.39. The standard InChI is InChI=1S/C13H16ClNO2/c1-9(2)15-5-6-17-13-4-3-10(7-11(13)15)12(16)8-14/h3-4,7,9H,5-6,8H2,1-2H3. The second kappa shape index (κ2) is 4.96. The van der Waals surface area contributed by atoms with Gasteiger partial charge in [0.2, 0.25) is 0 Å². The number of hydrogen-bond donors (Lipinski definition) is 0. The number of hydrogen-bond acceptors (Lipinski definition) is 3. The molecule has 17 heavy (non-hydrogen) atoms. The first-order valence-electron chi connectivity index (χ1n) is 5.76. The summed E-state index contributed by atoms with van der Waals surface area (Å²) in [6.45, 7) is 5.80. The summed E-state index contributed by atoms with van der Waals surface area (Å²) < 4.78 is 5.59. The van der Waals surface area contributed by atoms with Crippen LogP contribution in [0.5, 0.6) is 5.75 Å². The fourth-order valence-corrected chi connectivity index (χ4v) is 2.18. The number of carbonyl (C=O) groups excluding carboxylic acids is 1. The van der Waals surface area contributed by atoms with Gasteiger partial charge in [-0.15, -0.1) is 11.6 Å². The molecule has 1 aliphatic heterocycles. The predicted octanol–water partition coefficient (Wildman–Crippen LogP) is 2.72. The van der Waals surface area contributed by atoms with E-state index in [0.29, 0.717) is 18.2 Å². The minimum Gasteiger partial charge on any atom is -0.490 e. The van der Waals surface area contributed by atoms with Crippen LogP contribution in [0, 0.1) is 0 Å². The van der Waals surface area contributed by atoms with Gasteiger partial charge in [-0.25, -0.2) is 0 Å². The Bertz CT molecular complexity index is 431. The second-order valence-corrected chi connectivity index (χ2v) is 4.64. The van der Waals surface area contributed by atoms with Crippen molar-refractivity contribution in [2.45, 2.75) is 19.9 Å². The first-order valence-corrected chi connectivity index (χ1v) is 6.29. The molecule has 0 spiro atoms. The van der Waals surface area contributed by atoms with Crippen molar-refractivity contribution in [3.63, 3.8) is 0 Å². The van der Waals surface area contributed by atoms with Crippen LogP contribution in [0.15, 0.2) is 18.2 Å². The maximum Gasteiger partial charge on any atom is 0.177 e. The Hall–Kier alpha value is -1.22. The smallest absolute Gasteiger partial charge is 0.177 e. The Balaban J connectivity index is 2.40. The monoisotopic (exact) mass is 253 g/mol. The SMILES string of the molecule is CC(C)N1CCOc2ccc(C(=O)CCl)cc21. The molecule has 0 unspecified atom stereocenters. The van der Waals surface area contributed by atoms with Gasteiger partial charge in [0, 0.05) is 11.6 Å². The molecule has 0 amide bonds. The summed E-state index contributed by atoms with van der Waals surface area (Å²) in [4.78, 5) is 13.8. The van der Waals surface area contributed by atoms with Gasteiger partial charge in [-0.05, 0) is 32.0 Å². The molecule has 0 atom stereocenters. The van der Waals surface area contributed by atoms with E-state index in [1.807, 2.05) is 12.1 Å². The fraction of sp³-hybridized carbons (Fsp3) is 0.462. The molecule has 0 bridgehead atoms. The average molecular weight is 254 g/mol. The predicted molar refractivity (Wildman–Crippen MR) is 69.5 cm³/mol. The Morgan fingerprint density at radius 2 is 2.29 bits per heavy atom. The minimum atomic E-state index is -0.0521. The molecule has 0 fully saturated rings. The van der Waals surface area contributed by atoms with Gasteiger partial charge in [-0.1, -0.05) is 0 Å². The summed E-state index contributed by atoms with van der Waals surface area (Å²) in [5.74, 6) is 0.807. The average Bonchev–Trinajstić information content (AvgIpc) is 2.36. The number of halogens is 1. The summed E-state index contributed by atoms with van der Waals surface area (Å²) in [5, 5.41) is 0. The van der Waals surface area contributed by atoms with Gasteiger partial charge in [-0.2, -0.15) is 0 Å². The van der Waals surface area contributed by atoms with Crippen LogP contribution in [0.2, 0.25) is 0 Å². The molecular formula is C13H16ClNO2. The van der Waals surface area contributed by atoms with Gasteiger partial charge in [0.05, 0.1) is 18.1 Å². The maximum absolute atomic E-state index is 11.6. The van der Waals surface area contributed by atoms with E-state index in [2.05, 4.69) is 18.7 Å². The van der Waals surface area contributed by atoms with Crippen LogP contribution in [0.3, 0.4) is 0 Å². The number of benzene rings is 1. The highest BCUT2D eigenvalue weighted by Gasteiger charge is 2.21. The highest BCUT2D eigenvalue weighted by atomic mass is 35.5. The molecule has 0 aromatic heterocycles. The quantitative estimate of drug-likeness (QED) is 0.613. The highest BCUT2D eigenvalue weighted by Crippen LogP contribution is 2.33. The van der Waals surface area contributed by atoms with Crippen molar-refractivity contribution >= 4 is 23.1 Å². The van der Waals surface area contributed by atoms with Crippen molar-refractivity contribution in [3.05, 3.63) is 23.8 Å². The number of rotatable bonds is 3. The molecule has 1 heterocycles. The fourth-order valence-electron chi connectivity index (χ4n) is 2.03. The minimum absolute atomic E-state index is 0.0152. The third-order valence-corrected chi connectivity index (χ3v) is 3.17. The molecule has 2 rings (SSSR count). The maximum atomic E-state index is 11.6. The van der Waals surface area contributed by atoms with Crippen LogP contribution < -0.4 is 9.64 Å². The summed E-state index contributed by atoms with van der Waals surface area (Å²) >= 11 is 5.57. The zero-order valence-electron chi connectivity index (χ0n) is 10.1. The number of anilines is 1. The lowest BCUT2D eigenvalue weighted by molar-refractivity contribution is 0.102. The lowest BCUT2D eigenvalue weighted by Gasteiger charge is -2.34. The normalized spacial score (nSPS) is 14.5. The van der Waals surface area contributed by atoms with Crippen molar-refractivity contribution in [1.29, 1.82) is 0 Å². The molecule has 3 nitrogen and oxygen atoms in total. The second-order valence-electron chi connectivity index (χ2n) is 4.37. The number of carbonyl (C=O) groups is 1. The van der Waals surface area contributed by atoms with Crippen LogP contribution in [0.4, 0.5) is 5.69 Å². The van der Waals surface area contributed by atoms with E-state index in [-0.39, 0.29) is 11.7 Å². The largest absolute Gasteiger partial charge is 0.490 e. The number of fused-ring (bicyclic) bond motifs is 1. The molecule has 0 saturated heterocycles. The van der Waals surface area contributed by atoms with E-state index in [1.54, 1.807) is 6.07 Å². The lowest BCUT2D eigenvalue weighted by Crippen LogP contribution is -2.38. The van der Waals surface area contributed by atoms with E-state index in [4.69, 9.17) is 16.3 Å². The van der Waals surface area contributed by atoms with Crippen LogP contribution in [-0.4, -0.2) is 30.9 Å². The molecular weight excluding hydrogens is 238 g/mol. The molecule has 0 aliphatic carbocycles. The van der Waals surface area contributed by atoms with E-state index >= 15 is 0 Å². The topological polar surface area (TPSA) is 29.5 Å². The Morgan fingerprint density at radius 3 is 2.94 bits per heavy atom. The van der Waals surface area contributed by atoms with E-state index in [0.717, 1.165) is 18.0 Å². The molecule has 1 aliphatic rings. The van der Waals surface area contributed by atoms with Crippen LogP contribution in [0.1, 0.15) is 24.2 Å². The zero-order chi connectivity index (χ0) is 12.4. The van der Waals surface area contributed by atoms with Gasteiger partial charge in [0.25, 0.3) is 0 Å². The van der Waals surface area contributed by atoms with Crippen molar-refractivity contribution in [3.8, 4) is 5.75 Å². The molecule has 1 aromatic rings. The molecule has 92 valence electrons.